The van der Waals surface area contributed by atoms with Crippen LogP contribution in [0.2, 0.25) is 0 Å². The minimum absolute atomic E-state index is 0.678. The highest BCUT2D eigenvalue weighted by molar-refractivity contribution is 7.81. The Kier molecular flexibility index (Phi) is 3.77. The predicted molar refractivity (Wildman–Crippen MR) is 54.2 cm³/mol. The molecular formula is C10H20S. The fraction of sp³-hybridized carbons (Fsp3) is 1.00. The lowest BCUT2D eigenvalue weighted by Crippen LogP contribution is -2.19. The van der Waals surface area contributed by atoms with E-state index in [4.69, 9.17) is 0 Å². The first-order valence-corrected chi connectivity index (χ1v) is 5.41. The Labute approximate surface area is 76.2 Å². The Morgan fingerprint density at radius 3 is 2.36 bits per heavy atom. The van der Waals surface area contributed by atoms with Gasteiger partial charge in [0.1, 0.15) is 0 Å². The second kappa shape index (κ2) is 4.39. The van der Waals surface area contributed by atoms with Gasteiger partial charge in [0, 0.05) is 5.25 Å². The third-order valence-electron chi connectivity index (χ3n) is 2.89. The quantitative estimate of drug-likeness (QED) is 0.454. The van der Waals surface area contributed by atoms with Gasteiger partial charge in [-0.05, 0) is 24.7 Å². The molecule has 0 saturated heterocycles. The van der Waals surface area contributed by atoms with Crippen molar-refractivity contribution >= 4 is 12.6 Å². The zero-order valence-electron chi connectivity index (χ0n) is 7.71. The maximum absolute atomic E-state index is 4.66. The van der Waals surface area contributed by atoms with Gasteiger partial charge in [-0.2, -0.15) is 12.6 Å². The summed E-state index contributed by atoms with van der Waals surface area (Å²) in [5, 5.41) is 0.678. The molecule has 11 heavy (non-hydrogen) atoms. The van der Waals surface area contributed by atoms with E-state index < -0.39 is 0 Å². The smallest absolute Gasteiger partial charge is 0.00475 e. The zero-order chi connectivity index (χ0) is 8.27. The molecule has 0 heterocycles. The maximum atomic E-state index is 4.66. The zero-order valence-corrected chi connectivity index (χ0v) is 8.61. The van der Waals surface area contributed by atoms with Gasteiger partial charge < -0.3 is 0 Å². The van der Waals surface area contributed by atoms with E-state index in [0.717, 1.165) is 11.8 Å². The van der Waals surface area contributed by atoms with Crippen molar-refractivity contribution in [1.82, 2.24) is 0 Å². The van der Waals surface area contributed by atoms with Gasteiger partial charge >= 0.3 is 0 Å². The number of hydrogen-bond donors (Lipinski definition) is 1. The van der Waals surface area contributed by atoms with Crippen molar-refractivity contribution in [2.45, 2.75) is 51.2 Å². The fourth-order valence-corrected chi connectivity index (χ4v) is 2.77. The summed E-state index contributed by atoms with van der Waals surface area (Å²) in [4.78, 5) is 0. The van der Waals surface area contributed by atoms with Crippen molar-refractivity contribution in [3.05, 3.63) is 0 Å². The molecule has 0 amide bonds. The standard InChI is InChI=1S/C10H20S/c1-8(2)9-6-4-3-5-7-10(9)11/h8-11H,3-7H2,1-2H3. The Morgan fingerprint density at radius 2 is 1.73 bits per heavy atom. The third-order valence-corrected chi connectivity index (χ3v) is 3.53. The fourth-order valence-electron chi connectivity index (χ4n) is 2.09. The van der Waals surface area contributed by atoms with Gasteiger partial charge in [-0.15, -0.1) is 0 Å². The van der Waals surface area contributed by atoms with Crippen molar-refractivity contribution in [3.8, 4) is 0 Å². The lowest BCUT2D eigenvalue weighted by molar-refractivity contribution is 0.353. The molecule has 0 spiro atoms. The van der Waals surface area contributed by atoms with Crippen LogP contribution < -0.4 is 0 Å². The molecule has 0 aliphatic heterocycles. The average molecular weight is 172 g/mol. The summed E-state index contributed by atoms with van der Waals surface area (Å²) in [5.41, 5.74) is 0. The van der Waals surface area contributed by atoms with Crippen LogP contribution >= 0.6 is 12.6 Å². The van der Waals surface area contributed by atoms with Crippen LogP contribution in [0, 0.1) is 11.8 Å². The molecule has 0 aromatic rings. The first-order chi connectivity index (χ1) is 5.22. The first-order valence-electron chi connectivity index (χ1n) is 4.90. The molecule has 1 aliphatic carbocycles. The summed E-state index contributed by atoms with van der Waals surface area (Å²) in [6.45, 7) is 4.67. The minimum Gasteiger partial charge on any atom is -0.176 e. The summed E-state index contributed by atoms with van der Waals surface area (Å²) in [6, 6.07) is 0. The topological polar surface area (TPSA) is 0 Å². The van der Waals surface area contributed by atoms with Crippen LogP contribution in [-0.4, -0.2) is 5.25 Å². The normalized spacial score (nSPS) is 33.8. The largest absolute Gasteiger partial charge is 0.176 e. The van der Waals surface area contributed by atoms with E-state index in [1.807, 2.05) is 0 Å². The SMILES string of the molecule is CC(C)C1CCCCCC1S. The lowest BCUT2D eigenvalue weighted by Gasteiger charge is -2.24. The Bertz CT molecular complexity index is 109. The van der Waals surface area contributed by atoms with Crippen LogP contribution in [0.1, 0.15) is 46.0 Å². The van der Waals surface area contributed by atoms with Crippen molar-refractivity contribution < 1.29 is 0 Å². The molecule has 0 aromatic heterocycles. The molecule has 0 nitrogen and oxygen atoms in total. The van der Waals surface area contributed by atoms with Gasteiger partial charge in [-0.25, -0.2) is 0 Å². The molecule has 0 aromatic carbocycles. The van der Waals surface area contributed by atoms with E-state index in [1.54, 1.807) is 0 Å². The van der Waals surface area contributed by atoms with E-state index in [2.05, 4.69) is 26.5 Å². The van der Waals surface area contributed by atoms with Crippen molar-refractivity contribution in [2.24, 2.45) is 11.8 Å². The molecule has 0 radical (unpaired) electrons. The van der Waals surface area contributed by atoms with Crippen LogP contribution in [0.25, 0.3) is 0 Å². The first kappa shape index (κ1) is 9.44. The number of thiol groups is 1. The summed E-state index contributed by atoms with van der Waals surface area (Å²) in [6.07, 6.45) is 7.01. The summed E-state index contributed by atoms with van der Waals surface area (Å²) < 4.78 is 0. The van der Waals surface area contributed by atoms with Crippen molar-refractivity contribution in [1.29, 1.82) is 0 Å². The van der Waals surface area contributed by atoms with E-state index >= 15 is 0 Å². The monoisotopic (exact) mass is 172 g/mol. The molecule has 2 atom stereocenters. The Hall–Kier alpha value is 0.350. The van der Waals surface area contributed by atoms with Crippen molar-refractivity contribution in [2.75, 3.05) is 0 Å². The second-order valence-corrected chi connectivity index (χ2v) is 4.78. The molecular weight excluding hydrogens is 152 g/mol. The Balaban J connectivity index is 2.45. The average Bonchev–Trinajstić information content (AvgIpc) is 2.13. The molecule has 0 bridgehead atoms. The minimum atomic E-state index is 0.678. The Morgan fingerprint density at radius 1 is 1.09 bits per heavy atom. The van der Waals surface area contributed by atoms with Gasteiger partial charge in [-0.3, -0.25) is 0 Å². The molecule has 1 aliphatic rings. The van der Waals surface area contributed by atoms with Gasteiger partial charge in [0.25, 0.3) is 0 Å². The van der Waals surface area contributed by atoms with Gasteiger partial charge in [-0.1, -0.05) is 33.1 Å². The predicted octanol–water partition coefficient (Wildman–Crippen LogP) is 3.52. The van der Waals surface area contributed by atoms with E-state index in [0.29, 0.717) is 5.25 Å². The van der Waals surface area contributed by atoms with Gasteiger partial charge in [0.05, 0.1) is 0 Å². The molecule has 66 valence electrons. The van der Waals surface area contributed by atoms with Gasteiger partial charge in [0.15, 0.2) is 0 Å². The van der Waals surface area contributed by atoms with Crippen molar-refractivity contribution in [3.63, 3.8) is 0 Å². The van der Waals surface area contributed by atoms with Crippen LogP contribution in [0.3, 0.4) is 0 Å². The summed E-state index contributed by atoms with van der Waals surface area (Å²) in [7, 11) is 0. The number of hydrogen-bond acceptors (Lipinski definition) is 1. The van der Waals surface area contributed by atoms with Crippen LogP contribution in [0.4, 0.5) is 0 Å². The maximum Gasteiger partial charge on any atom is 0.00475 e. The molecule has 0 N–H and O–H groups in total. The van der Waals surface area contributed by atoms with Gasteiger partial charge in [0.2, 0.25) is 0 Å². The van der Waals surface area contributed by atoms with E-state index in [9.17, 15) is 0 Å². The summed E-state index contributed by atoms with van der Waals surface area (Å²) in [5.74, 6) is 1.71. The lowest BCUT2D eigenvalue weighted by atomic mass is 9.88. The molecule has 1 saturated carbocycles. The van der Waals surface area contributed by atoms with E-state index in [-0.39, 0.29) is 0 Å². The summed E-state index contributed by atoms with van der Waals surface area (Å²) >= 11 is 4.66. The molecule has 1 rings (SSSR count). The van der Waals surface area contributed by atoms with Crippen LogP contribution in [0.15, 0.2) is 0 Å². The number of rotatable bonds is 1. The highest BCUT2D eigenvalue weighted by Gasteiger charge is 2.22. The molecule has 1 fully saturated rings. The third kappa shape index (κ3) is 2.70. The van der Waals surface area contributed by atoms with Crippen LogP contribution in [0.5, 0.6) is 0 Å². The highest BCUT2D eigenvalue weighted by atomic mass is 32.1. The highest BCUT2D eigenvalue weighted by Crippen LogP contribution is 2.32. The second-order valence-electron chi connectivity index (χ2n) is 4.11. The molecule has 1 heteroatoms. The van der Waals surface area contributed by atoms with E-state index in [1.165, 1.54) is 32.1 Å². The molecule has 2 unspecified atom stereocenters. The van der Waals surface area contributed by atoms with Crippen LogP contribution in [-0.2, 0) is 0 Å².